The van der Waals surface area contributed by atoms with E-state index in [1.807, 2.05) is 36.1 Å². The van der Waals surface area contributed by atoms with Crippen molar-refractivity contribution < 1.29 is 13.9 Å². The highest BCUT2D eigenvalue weighted by molar-refractivity contribution is 5.92. The highest BCUT2D eigenvalue weighted by Gasteiger charge is 2.30. The zero-order valence-corrected chi connectivity index (χ0v) is 17.0. The molecule has 0 saturated carbocycles. The molecular formula is C22H24FN5O2. The number of anilines is 1. The van der Waals surface area contributed by atoms with Gasteiger partial charge in [-0.2, -0.15) is 0 Å². The third-order valence-electron chi connectivity index (χ3n) is 5.33. The monoisotopic (exact) mass is 409 g/mol. The Balaban J connectivity index is 1.42. The van der Waals surface area contributed by atoms with E-state index >= 15 is 0 Å². The summed E-state index contributed by atoms with van der Waals surface area (Å²) < 4.78 is 20.1. The van der Waals surface area contributed by atoms with Crippen molar-refractivity contribution >= 4 is 11.6 Å². The van der Waals surface area contributed by atoms with Crippen LogP contribution in [0.15, 0.2) is 54.7 Å². The molecule has 0 N–H and O–H groups in total. The minimum Gasteiger partial charge on any atom is -0.495 e. The second kappa shape index (κ2) is 8.52. The first-order chi connectivity index (χ1) is 14.5. The SMILES string of the molecule is COc1ccccc1N1CCN(C(=O)c2cn(Cc3ccc(F)cc3)nn2)[C@H](C)C1. The van der Waals surface area contributed by atoms with E-state index in [4.69, 9.17) is 4.74 Å². The van der Waals surface area contributed by atoms with Crippen LogP contribution in [0, 0.1) is 5.82 Å². The van der Waals surface area contributed by atoms with E-state index in [0.29, 0.717) is 31.9 Å². The van der Waals surface area contributed by atoms with Gasteiger partial charge >= 0.3 is 0 Å². The van der Waals surface area contributed by atoms with Crippen LogP contribution in [-0.4, -0.2) is 58.6 Å². The maximum Gasteiger partial charge on any atom is 0.276 e. The van der Waals surface area contributed by atoms with Crippen molar-refractivity contribution in [2.45, 2.75) is 19.5 Å². The van der Waals surface area contributed by atoms with Crippen molar-refractivity contribution in [3.63, 3.8) is 0 Å². The molecule has 0 aliphatic carbocycles. The van der Waals surface area contributed by atoms with E-state index in [1.165, 1.54) is 12.1 Å². The predicted molar refractivity (Wildman–Crippen MR) is 111 cm³/mol. The molecule has 0 unspecified atom stereocenters. The number of rotatable bonds is 5. The summed E-state index contributed by atoms with van der Waals surface area (Å²) in [6, 6.07) is 14.1. The molecular weight excluding hydrogens is 385 g/mol. The number of ether oxygens (including phenoxy) is 1. The average molecular weight is 409 g/mol. The smallest absolute Gasteiger partial charge is 0.276 e. The molecule has 4 rings (SSSR count). The fraction of sp³-hybridized carbons (Fsp3) is 0.318. The Morgan fingerprint density at radius 1 is 1.17 bits per heavy atom. The van der Waals surface area contributed by atoms with Crippen LogP contribution < -0.4 is 9.64 Å². The van der Waals surface area contributed by atoms with Crippen LogP contribution in [0.3, 0.4) is 0 Å². The van der Waals surface area contributed by atoms with Gasteiger partial charge in [-0.25, -0.2) is 9.07 Å². The number of methoxy groups -OCH3 is 1. The number of carbonyl (C=O) groups is 1. The second-order valence-corrected chi connectivity index (χ2v) is 7.39. The van der Waals surface area contributed by atoms with Crippen LogP contribution in [0.25, 0.3) is 0 Å². The highest BCUT2D eigenvalue weighted by atomic mass is 19.1. The molecule has 1 aromatic heterocycles. The molecule has 1 atom stereocenters. The summed E-state index contributed by atoms with van der Waals surface area (Å²) in [5.74, 6) is 0.412. The molecule has 2 heterocycles. The van der Waals surface area contributed by atoms with Gasteiger partial charge in [0, 0.05) is 25.7 Å². The molecule has 156 valence electrons. The fourth-order valence-corrected chi connectivity index (χ4v) is 3.77. The first-order valence-electron chi connectivity index (χ1n) is 9.88. The fourth-order valence-electron chi connectivity index (χ4n) is 3.77. The number of aromatic nitrogens is 3. The lowest BCUT2D eigenvalue weighted by molar-refractivity contribution is 0.0667. The molecule has 0 radical (unpaired) electrons. The number of halogens is 1. The number of nitrogens with zero attached hydrogens (tertiary/aromatic N) is 5. The number of hydrogen-bond donors (Lipinski definition) is 0. The van der Waals surface area contributed by atoms with E-state index in [2.05, 4.69) is 15.2 Å². The number of amides is 1. The Kier molecular flexibility index (Phi) is 5.65. The molecule has 3 aromatic rings. The van der Waals surface area contributed by atoms with Crippen molar-refractivity contribution in [3.8, 4) is 5.75 Å². The molecule has 8 heteroatoms. The quantitative estimate of drug-likeness (QED) is 0.649. The van der Waals surface area contributed by atoms with Crippen LogP contribution in [0.4, 0.5) is 10.1 Å². The van der Waals surface area contributed by atoms with Crippen LogP contribution >= 0.6 is 0 Å². The first-order valence-corrected chi connectivity index (χ1v) is 9.88. The van der Waals surface area contributed by atoms with Gasteiger partial charge in [0.2, 0.25) is 0 Å². The molecule has 1 aliphatic heterocycles. The van der Waals surface area contributed by atoms with Crippen LogP contribution in [0.5, 0.6) is 5.75 Å². The molecule has 7 nitrogen and oxygen atoms in total. The van der Waals surface area contributed by atoms with Crippen molar-refractivity contribution in [2.24, 2.45) is 0 Å². The first kappa shape index (κ1) is 19.9. The lowest BCUT2D eigenvalue weighted by Crippen LogP contribution is -2.54. The van der Waals surface area contributed by atoms with Gasteiger partial charge in [-0.05, 0) is 36.8 Å². The summed E-state index contributed by atoms with van der Waals surface area (Å²) in [6.45, 7) is 4.46. The summed E-state index contributed by atoms with van der Waals surface area (Å²) in [6.07, 6.45) is 1.64. The number of carbonyl (C=O) groups excluding carboxylic acids is 1. The van der Waals surface area contributed by atoms with Crippen molar-refractivity contribution in [2.75, 3.05) is 31.6 Å². The van der Waals surface area contributed by atoms with Gasteiger partial charge in [-0.1, -0.05) is 29.5 Å². The van der Waals surface area contributed by atoms with Gasteiger partial charge < -0.3 is 14.5 Å². The van der Waals surface area contributed by atoms with E-state index in [0.717, 1.165) is 17.0 Å². The summed E-state index contributed by atoms with van der Waals surface area (Å²) in [4.78, 5) is 17.1. The van der Waals surface area contributed by atoms with Crippen LogP contribution in [0.1, 0.15) is 23.0 Å². The minimum atomic E-state index is -0.283. The van der Waals surface area contributed by atoms with Gasteiger partial charge in [-0.3, -0.25) is 4.79 Å². The number of piperazine rings is 1. The molecule has 1 saturated heterocycles. The molecule has 1 amide bonds. The van der Waals surface area contributed by atoms with E-state index in [-0.39, 0.29) is 17.8 Å². The van der Waals surface area contributed by atoms with Crippen molar-refractivity contribution in [1.29, 1.82) is 0 Å². The van der Waals surface area contributed by atoms with E-state index in [1.54, 1.807) is 30.1 Å². The topological polar surface area (TPSA) is 63.5 Å². The van der Waals surface area contributed by atoms with Gasteiger partial charge in [0.1, 0.15) is 11.6 Å². The predicted octanol–water partition coefficient (Wildman–Crippen LogP) is 2.83. The summed E-state index contributed by atoms with van der Waals surface area (Å²) >= 11 is 0. The van der Waals surface area contributed by atoms with Gasteiger partial charge in [0.05, 0.1) is 25.5 Å². The van der Waals surface area contributed by atoms with Crippen LogP contribution in [0.2, 0.25) is 0 Å². The lowest BCUT2D eigenvalue weighted by Gasteiger charge is -2.41. The molecule has 1 aliphatic rings. The minimum absolute atomic E-state index is 0.0124. The molecule has 0 bridgehead atoms. The Morgan fingerprint density at radius 3 is 2.67 bits per heavy atom. The number of hydrogen-bond acceptors (Lipinski definition) is 5. The van der Waals surface area contributed by atoms with E-state index in [9.17, 15) is 9.18 Å². The molecule has 0 spiro atoms. The van der Waals surface area contributed by atoms with Gasteiger partial charge in [0.25, 0.3) is 5.91 Å². The largest absolute Gasteiger partial charge is 0.495 e. The maximum atomic E-state index is 13.1. The van der Waals surface area contributed by atoms with Gasteiger partial charge in [0.15, 0.2) is 5.69 Å². The summed E-state index contributed by atoms with van der Waals surface area (Å²) in [5, 5.41) is 8.12. The summed E-state index contributed by atoms with van der Waals surface area (Å²) in [7, 11) is 1.66. The van der Waals surface area contributed by atoms with Crippen molar-refractivity contribution in [3.05, 3.63) is 71.8 Å². The summed E-state index contributed by atoms with van der Waals surface area (Å²) in [5.41, 5.74) is 2.23. The number of para-hydroxylation sites is 2. The third-order valence-corrected chi connectivity index (χ3v) is 5.33. The Labute approximate surface area is 174 Å². The molecule has 2 aromatic carbocycles. The Hall–Kier alpha value is -3.42. The zero-order chi connectivity index (χ0) is 21.1. The standard InChI is InChI=1S/C22H24FN5O2/c1-16-13-26(20-5-3-4-6-21(20)30-2)11-12-28(16)22(29)19-15-27(25-24-19)14-17-7-9-18(23)10-8-17/h3-10,15-16H,11-14H2,1-2H3/t16-/m1/s1. The number of benzene rings is 2. The van der Waals surface area contributed by atoms with Crippen molar-refractivity contribution in [1.82, 2.24) is 19.9 Å². The Bertz CT molecular complexity index is 1020. The Morgan fingerprint density at radius 2 is 1.93 bits per heavy atom. The molecule has 30 heavy (non-hydrogen) atoms. The normalized spacial score (nSPS) is 16.6. The lowest BCUT2D eigenvalue weighted by atomic mass is 10.1. The average Bonchev–Trinajstić information content (AvgIpc) is 3.23. The van der Waals surface area contributed by atoms with Gasteiger partial charge in [-0.15, -0.1) is 5.10 Å². The molecule has 1 fully saturated rings. The van der Waals surface area contributed by atoms with Crippen LogP contribution in [-0.2, 0) is 6.54 Å². The third kappa shape index (κ3) is 4.12. The maximum absolute atomic E-state index is 13.1. The second-order valence-electron chi connectivity index (χ2n) is 7.39. The highest BCUT2D eigenvalue weighted by Crippen LogP contribution is 2.29. The zero-order valence-electron chi connectivity index (χ0n) is 17.0. The van der Waals surface area contributed by atoms with E-state index < -0.39 is 0 Å².